The number of nitrogens with two attached hydrogens (primary N) is 1. The fraction of sp³-hybridized carbons (Fsp3) is 0.571. The zero-order valence-electron chi connectivity index (χ0n) is 11.4. The molecule has 1 aromatic heterocycles. The maximum absolute atomic E-state index is 11.1. The number of nitrogens with zero attached hydrogens (tertiary/aromatic N) is 2. The van der Waals surface area contributed by atoms with Crippen molar-refractivity contribution in [3.63, 3.8) is 0 Å². The van der Waals surface area contributed by atoms with Gasteiger partial charge in [-0.2, -0.15) is 0 Å². The molecular formula is C14H22N4O. The molecule has 2 rings (SSSR count). The van der Waals surface area contributed by atoms with E-state index < -0.39 is 5.91 Å². The van der Waals surface area contributed by atoms with Crippen LogP contribution in [0, 0.1) is 5.92 Å². The number of aromatic nitrogens is 1. The van der Waals surface area contributed by atoms with Crippen LogP contribution in [0.5, 0.6) is 0 Å². The molecule has 1 aliphatic rings. The quantitative estimate of drug-likeness (QED) is 0.830. The van der Waals surface area contributed by atoms with Gasteiger partial charge in [0.25, 0.3) is 5.91 Å². The number of carbonyl (C=O) groups is 1. The summed E-state index contributed by atoms with van der Waals surface area (Å²) in [5.74, 6) is 1.19. The molecule has 104 valence electrons. The maximum atomic E-state index is 11.1. The van der Waals surface area contributed by atoms with Gasteiger partial charge in [-0.1, -0.05) is 6.07 Å². The van der Waals surface area contributed by atoms with E-state index in [4.69, 9.17) is 5.73 Å². The molecule has 5 nitrogen and oxygen atoms in total. The van der Waals surface area contributed by atoms with Gasteiger partial charge in [-0.3, -0.25) is 4.79 Å². The molecule has 2 heterocycles. The molecule has 0 atom stereocenters. The molecule has 0 bridgehead atoms. The summed E-state index contributed by atoms with van der Waals surface area (Å²) in [6.07, 6.45) is 3.60. The van der Waals surface area contributed by atoms with Crippen LogP contribution in [0.2, 0.25) is 0 Å². The molecule has 0 spiro atoms. The Morgan fingerprint density at radius 1 is 1.47 bits per heavy atom. The molecule has 1 fully saturated rings. The largest absolute Gasteiger partial charge is 0.364 e. The predicted octanol–water partition coefficient (Wildman–Crippen LogP) is 1.01. The van der Waals surface area contributed by atoms with Crippen LogP contribution < -0.4 is 16.0 Å². The molecule has 19 heavy (non-hydrogen) atoms. The first-order valence-corrected chi connectivity index (χ1v) is 6.87. The van der Waals surface area contributed by atoms with Gasteiger partial charge in [0.2, 0.25) is 0 Å². The smallest absolute Gasteiger partial charge is 0.267 e. The van der Waals surface area contributed by atoms with Gasteiger partial charge in [0.15, 0.2) is 0 Å². The molecule has 5 heteroatoms. The molecule has 1 amide bonds. The SMILES string of the molecule is CNCCC1CCN(c2cccc(C(N)=O)n2)CC1. The number of nitrogens with one attached hydrogen (secondary N) is 1. The molecule has 0 radical (unpaired) electrons. The minimum Gasteiger partial charge on any atom is -0.364 e. The molecule has 0 unspecified atom stereocenters. The van der Waals surface area contributed by atoms with Crippen LogP contribution in [-0.2, 0) is 0 Å². The number of anilines is 1. The van der Waals surface area contributed by atoms with Crippen molar-refractivity contribution in [3.8, 4) is 0 Å². The van der Waals surface area contributed by atoms with Crippen molar-refractivity contribution in [1.82, 2.24) is 10.3 Å². The number of piperidine rings is 1. The van der Waals surface area contributed by atoms with Gasteiger partial charge in [0.05, 0.1) is 0 Å². The van der Waals surface area contributed by atoms with Crippen LogP contribution in [0.4, 0.5) is 5.82 Å². The third-order valence-electron chi connectivity index (χ3n) is 3.73. The topological polar surface area (TPSA) is 71.2 Å². The number of amides is 1. The van der Waals surface area contributed by atoms with Gasteiger partial charge < -0.3 is 16.0 Å². The highest BCUT2D eigenvalue weighted by Crippen LogP contribution is 2.23. The zero-order chi connectivity index (χ0) is 13.7. The van der Waals surface area contributed by atoms with Gasteiger partial charge in [0, 0.05) is 13.1 Å². The summed E-state index contributed by atoms with van der Waals surface area (Å²) in [4.78, 5) is 17.7. The van der Waals surface area contributed by atoms with Crippen LogP contribution >= 0.6 is 0 Å². The first-order valence-electron chi connectivity index (χ1n) is 6.87. The lowest BCUT2D eigenvalue weighted by Gasteiger charge is -2.33. The molecule has 1 saturated heterocycles. The van der Waals surface area contributed by atoms with E-state index in [-0.39, 0.29) is 0 Å². The molecule has 0 saturated carbocycles. The van der Waals surface area contributed by atoms with Gasteiger partial charge >= 0.3 is 0 Å². The minimum absolute atomic E-state index is 0.342. The summed E-state index contributed by atoms with van der Waals surface area (Å²) >= 11 is 0. The lowest BCUT2D eigenvalue weighted by atomic mass is 9.93. The van der Waals surface area contributed by atoms with Gasteiger partial charge in [-0.05, 0) is 50.9 Å². The van der Waals surface area contributed by atoms with E-state index in [0.29, 0.717) is 5.69 Å². The standard InChI is InChI=1S/C14H22N4O/c1-16-8-5-11-6-9-18(10-7-11)13-4-2-3-12(17-13)14(15)19/h2-4,11,16H,5-10H2,1H3,(H2,15,19). The summed E-state index contributed by atoms with van der Waals surface area (Å²) in [5.41, 5.74) is 5.60. The van der Waals surface area contributed by atoms with Crippen molar-refractivity contribution in [2.75, 3.05) is 31.6 Å². The number of primary amides is 1. The Hall–Kier alpha value is -1.62. The van der Waals surface area contributed by atoms with Crippen molar-refractivity contribution in [2.24, 2.45) is 11.7 Å². The van der Waals surface area contributed by atoms with Gasteiger partial charge in [-0.15, -0.1) is 0 Å². The number of hydrogen-bond donors (Lipinski definition) is 2. The highest BCUT2D eigenvalue weighted by molar-refractivity contribution is 5.91. The summed E-state index contributed by atoms with van der Waals surface area (Å²) in [7, 11) is 1.99. The van der Waals surface area contributed by atoms with Crippen LogP contribution in [-0.4, -0.2) is 37.6 Å². The van der Waals surface area contributed by atoms with E-state index in [1.54, 1.807) is 6.07 Å². The lowest BCUT2D eigenvalue weighted by molar-refractivity contribution is 0.0995. The fourth-order valence-electron chi connectivity index (χ4n) is 2.54. The highest BCUT2D eigenvalue weighted by atomic mass is 16.1. The third-order valence-corrected chi connectivity index (χ3v) is 3.73. The Kier molecular flexibility index (Phi) is 4.74. The normalized spacial score (nSPS) is 16.6. The number of pyridine rings is 1. The van der Waals surface area contributed by atoms with E-state index in [1.165, 1.54) is 19.3 Å². The van der Waals surface area contributed by atoms with Crippen molar-refractivity contribution < 1.29 is 4.79 Å². The molecular weight excluding hydrogens is 240 g/mol. The number of carbonyl (C=O) groups excluding carboxylic acids is 1. The average Bonchev–Trinajstić information content (AvgIpc) is 2.46. The Bertz CT molecular complexity index is 427. The van der Waals surface area contributed by atoms with Crippen molar-refractivity contribution in [1.29, 1.82) is 0 Å². The highest BCUT2D eigenvalue weighted by Gasteiger charge is 2.20. The van der Waals surface area contributed by atoms with E-state index in [1.807, 2.05) is 19.2 Å². The number of hydrogen-bond acceptors (Lipinski definition) is 4. The summed E-state index contributed by atoms with van der Waals surface area (Å²) in [6.45, 7) is 3.09. The van der Waals surface area contributed by atoms with Crippen molar-refractivity contribution in [3.05, 3.63) is 23.9 Å². The van der Waals surface area contributed by atoms with Crippen LogP contribution in [0.25, 0.3) is 0 Å². The summed E-state index contributed by atoms with van der Waals surface area (Å²) in [5, 5.41) is 3.20. The Morgan fingerprint density at radius 3 is 2.84 bits per heavy atom. The zero-order valence-corrected chi connectivity index (χ0v) is 11.4. The second-order valence-electron chi connectivity index (χ2n) is 5.07. The fourth-order valence-corrected chi connectivity index (χ4v) is 2.54. The molecule has 0 aromatic carbocycles. The Balaban J connectivity index is 1.94. The first-order chi connectivity index (χ1) is 9.20. The van der Waals surface area contributed by atoms with Gasteiger partial charge in [-0.25, -0.2) is 4.98 Å². The summed E-state index contributed by atoms with van der Waals surface area (Å²) in [6, 6.07) is 5.45. The minimum atomic E-state index is -0.467. The van der Waals surface area contributed by atoms with Crippen molar-refractivity contribution in [2.45, 2.75) is 19.3 Å². The van der Waals surface area contributed by atoms with E-state index >= 15 is 0 Å². The number of rotatable bonds is 5. The first kappa shape index (κ1) is 13.8. The van der Waals surface area contributed by atoms with Crippen molar-refractivity contribution >= 4 is 11.7 Å². The van der Waals surface area contributed by atoms with E-state index in [9.17, 15) is 4.79 Å². The molecule has 1 aromatic rings. The molecule has 1 aliphatic heterocycles. The average molecular weight is 262 g/mol. The predicted molar refractivity (Wildman–Crippen MR) is 76.2 cm³/mol. The van der Waals surface area contributed by atoms with Gasteiger partial charge in [0.1, 0.15) is 11.5 Å². The second-order valence-corrected chi connectivity index (χ2v) is 5.07. The second kappa shape index (κ2) is 6.52. The van der Waals surface area contributed by atoms with Crippen LogP contribution in [0.3, 0.4) is 0 Å². The lowest BCUT2D eigenvalue weighted by Crippen LogP contribution is -2.35. The van der Waals surface area contributed by atoms with E-state index in [0.717, 1.165) is 31.4 Å². The Morgan fingerprint density at radius 2 is 2.21 bits per heavy atom. The maximum Gasteiger partial charge on any atom is 0.267 e. The van der Waals surface area contributed by atoms with Crippen LogP contribution in [0.1, 0.15) is 29.8 Å². The molecule has 3 N–H and O–H groups in total. The van der Waals surface area contributed by atoms with E-state index in [2.05, 4.69) is 15.2 Å². The third kappa shape index (κ3) is 3.67. The van der Waals surface area contributed by atoms with Crippen LogP contribution in [0.15, 0.2) is 18.2 Å². The summed E-state index contributed by atoms with van der Waals surface area (Å²) < 4.78 is 0. The Labute approximate surface area is 114 Å². The monoisotopic (exact) mass is 262 g/mol. The molecule has 0 aliphatic carbocycles.